The van der Waals surface area contributed by atoms with E-state index in [0.717, 1.165) is 33.3 Å². The van der Waals surface area contributed by atoms with Gasteiger partial charge in [-0.05, 0) is 35.4 Å². The number of aromatic hydroxyl groups is 1. The first kappa shape index (κ1) is 18.9. The van der Waals surface area contributed by atoms with E-state index in [0.29, 0.717) is 24.5 Å². The number of ether oxygens (including phenoxy) is 1. The summed E-state index contributed by atoms with van der Waals surface area (Å²) in [6, 6.07) is 8.44. The second kappa shape index (κ2) is 7.32. The predicted molar refractivity (Wildman–Crippen MR) is 120 cm³/mol. The molecule has 6 heteroatoms. The van der Waals surface area contributed by atoms with Gasteiger partial charge in [-0.3, -0.25) is 9.59 Å². The predicted octanol–water partition coefficient (Wildman–Crippen LogP) is 4.77. The Morgan fingerprint density at radius 3 is 2.68 bits per heavy atom. The second-order valence-electron chi connectivity index (χ2n) is 7.72. The standard InChI is InChI=1S/C25H20N2O4/c1-15-13-27(25(30)21-11-16-10-17(29)8-9-20(16)26-21)22-12-23(31-14-28)18-6-4-2-3-5-7-19(18)24(15)22/h2-12,14-15,26,29H,13H2,1H3. The lowest BCUT2D eigenvalue weighted by molar-refractivity contribution is -0.120. The van der Waals surface area contributed by atoms with Crippen molar-refractivity contribution in [3.05, 3.63) is 77.0 Å². The van der Waals surface area contributed by atoms with Crippen LogP contribution in [0.3, 0.4) is 0 Å². The van der Waals surface area contributed by atoms with Gasteiger partial charge in [-0.15, -0.1) is 0 Å². The molecule has 1 aliphatic heterocycles. The maximum absolute atomic E-state index is 13.4. The van der Waals surface area contributed by atoms with Crippen LogP contribution in [0.4, 0.5) is 5.69 Å². The molecular formula is C25H20N2O4. The number of hydrogen-bond donors (Lipinski definition) is 2. The van der Waals surface area contributed by atoms with Gasteiger partial charge >= 0.3 is 0 Å². The van der Waals surface area contributed by atoms with Crippen LogP contribution in [0.15, 0.2) is 54.6 Å². The molecule has 6 nitrogen and oxygen atoms in total. The van der Waals surface area contributed by atoms with Gasteiger partial charge in [0.25, 0.3) is 12.4 Å². The number of nitrogens with one attached hydrogen (secondary N) is 1. The third-order valence-electron chi connectivity index (χ3n) is 5.74. The van der Waals surface area contributed by atoms with Gasteiger partial charge < -0.3 is 19.7 Å². The highest BCUT2D eigenvalue weighted by Gasteiger charge is 2.34. The summed E-state index contributed by atoms with van der Waals surface area (Å²) in [5, 5.41) is 10.5. The molecule has 2 aliphatic rings. The minimum atomic E-state index is -0.177. The largest absolute Gasteiger partial charge is 0.508 e. The van der Waals surface area contributed by atoms with Gasteiger partial charge in [-0.1, -0.05) is 43.4 Å². The third-order valence-corrected chi connectivity index (χ3v) is 5.74. The molecule has 1 aromatic heterocycles. The summed E-state index contributed by atoms with van der Waals surface area (Å²) in [6.07, 6.45) is 11.6. The Morgan fingerprint density at radius 1 is 1.13 bits per heavy atom. The van der Waals surface area contributed by atoms with Gasteiger partial charge in [0, 0.05) is 35.0 Å². The smallest absolute Gasteiger partial charge is 0.298 e. The van der Waals surface area contributed by atoms with Crippen LogP contribution >= 0.6 is 0 Å². The molecule has 2 N–H and O–H groups in total. The Kier molecular flexibility index (Phi) is 4.47. The average Bonchev–Trinajstić information content (AvgIpc) is 3.29. The molecule has 0 bridgehead atoms. The first-order valence-corrected chi connectivity index (χ1v) is 10.0. The summed E-state index contributed by atoms with van der Waals surface area (Å²) in [6.45, 7) is 3.00. The van der Waals surface area contributed by atoms with E-state index in [1.807, 2.05) is 36.5 Å². The van der Waals surface area contributed by atoms with Crippen LogP contribution in [0, 0.1) is 0 Å². The Balaban J connectivity index is 1.64. The number of rotatable bonds is 3. The second-order valence-corrected chi connectivity index (χ2v) is 7.72. The van der Waals surface area contributed by atoms with Crippen LogP contribution in [0.1, 0.15) is 40.0 Å². The van der Waals surface area contributed by atoms with Gasteiger partial charge in [-0.25, -0.2) is 0 Å². The number of anilines is 1. The molecule has 0 saturated heterocycles. The van der Waals surface area contributed by atoms with Crippen molar-refractivity contribution in [2.75, 3.05) is 11.4 Å². The molecule has 31 heavy (non-hydrogen) atoms. The molecule has 0 radical (unpaired) electrons. The first-order valence-electron chi connectivity index (χ1n) is 10.0. The van der Waals surface area contributed by atoms with Crippen molar-refractivity contribution in [3.63, 3.8) is 0 Å². The summed E-state index contributed by atoms with van der Waals surface area (Å²) in [5.74, 6) is 0.485. The summed E-state index contributed by atoms with van der Waals surface area (Å²) in [5.41, 5.74) is 4.75. The molecule has 0 spiro atoms. The van der Waals surface area contributed by atoms with Crippen molar-refractivity contribution >= 4 is 41.1 Å². The van der Waals surface area contributed by atoms with Crippen LogP contribution in [0.5, 0.6) is 11.5 Å². The molecule has 5 rings (SSSR count). The molecule has 1 unspecified atom stereocenters. The van der Waals surface area contributed by atoms with E-state index in [1.54, 1.807) is 35.2 Å². The third kappa shape index (κ3) is 3.13. The summed E-state index contributed by atoms with van der Waals surface area (Å²) >= 11 is 0. The normalized spacial score (nSPS) is 16.7. The lowest BCUT2D eigenvalue weighted by Crippen LogP contribution is -2.29. The highest BCUT2D eigenvalue weighted by Crippen LogP contribution is 2.45. The Bertz CT molecular complexity index is 1310. The van der Waals surface area contributed by atoms with Gasteiger partial charge in [0.2, 0.25) is 0 Å². The van der Waals surface area contributed by atoms with E-state index in [1.165, 1.54) is 0 Å². The number of aromatic amines is 1. The summed E-state index contributed by atoms with van der Waals surface area (Å²) < 4.78 is 5.29. The van der Waals surface area contributed by atoms with Crippen LogP contribution in [-0.4, -0.2) is 29.0 Å². The number of nitrogens with zero attached hydrogens (tertiary/aromatic N) is 1. The van der Waals surface area contributed by atoms with Crippen molar-refractivity contribution in [1.29, 1.82) is 0 Å². The van der Waals surface area contributed by atoms with Crippen molar-refractivity contribution in [3.8, 4) is 11.5 Å². The topological polar surface area (TPSA) is 82.6 Å². The Labute approximate surface area is 178 Å². The van der Waals surface area contributed by atoms with Crippen LogP contribution in [0.25, 0.3) is 23.1 Å². The fourth-order valence-electron chi connectivity index (χ4n) is 4.41. The Hall–Kier alpha value is -4.06. The van der Waals surface area contributed by atoms with Crippen molar-refractivity contribution in [1.82, 2.24) is 4.98 Å². The molecule has 154 valence electrons. The van der Waals surface area contributed by atoms with E-state index in [9.17, 15) is 14.7 Å². The van der Waals surface area contributed by atoms with E-state index >= 15 is 0 Å². The van der Waals surface area contributed by atoms with Crippen molar-refractivity contribution in [2.24, 2.45) is 0 Å². The molecule has 0 fully saturated rings. The zero-order valence-electron chi connectivity index (χ0n) is 16.8. The average molecular weight is 412 g/mol. The summed E-state index contributed by atoms with van der Waals surface area (Å²) in [7, 11) is 0. The number of fused-ring (bicyclic) bond motifs is 4. The highest BCUT2D eigenvalue weighted by atomic mass is 16.5. The van der Waals surface area contributed by atoms with Gasteiger partial charge in [0.15, 0.2) is 0 Å². The van der Waals surface area contributed by atoms with Gasteiger partial charge in [0.1, 0.15) is 17.2 Å². The molecule has 0 saturated carbocycles. The number of hydrogen-bond acceptors (Lipinski definition) is 4. The molecular weight excluding hydrogens is 392 g/mol. The number of aromatic nitrogens is 1. The fraction of sp³-hybridized carbons (Fsp3) is 0.120. The van der Waals surface area contributed by atoms with Gasteiger partial charge in [-0.2, -0.15) is 0 Å². The van der Waals surface area contributed by atoms with Gasteiger partial charge in [0.05, 0.1) is 5.69 Å². The van der Waals surface area contributed by atoms with E-state index in [2.05, 4.69) is 11.9 Å². The quantitative estimate of drug-likeness (QED) is 0.607. The number of carbonyl (C=O) groups is 2. The van der Waals surface area contributed by atoms with Crippen molar-refractivity contribution < 1.29 is 19.4 Å². The fourth-order valence-corrected chi connectivity index (χ4v) is 4.41. The zero-order chi connectivity index (χ0) is 21.5. The summed E-state index contributed by atoms with van der Waals surface area (Å²) in [4.78, 5) is 29.5. The minimum Gasteiger partial charge on any atom is -0.508 e. The number of H-pyrrole nitrogens is 1. The highest BCUT2D eigenvalue weighted by molar-refractivity contribution is 6.09. The minimum absolute atomic E-state index is 0.105. The molecule has 1 amide bonds. The number of carbonyl (C=O) groups excluding carboxylic acids is 2. The van der Waals surface area contributed by atoms with Crippen molar-refractivity contribution in [2.45, 2.75) is 12.8 Å². The molecule has 1 atom stereocenters. The van der Waals surface area contributed by atoms with Crippen LogP contribution < -0.4 is 9.64 Å². The van der Waals surface area contributed by atoms with E-state index in [-0.39, 0.29) is 17.6 Å². The maximum atomic E-state index is 13.4. The zero-order valence-corrected chi connectivity index (χ0v) is 16.8. The monoisotopic (exact) mass is 412 g/mol. The Morgan fingerprint density at radius 2 is 1.90 bits per heavy atom. The molecule has 2 aromatic carbocycles. The molecule has 2 heterocycles. The molecule has 1 aliphatic carbocycles. The SMILES string of the molecule is CC1CN(C(=O)c2cc3cc(O)ccc3[nH]2)c2cc(OC=O)c3c(c21)C=CC=CC=C3. The first-order chi connectivity index (χ1) is 15.1. The number of allylic oxidation sites excluding steroid dienone is 4. The molecule has 3 aromatic rings. The number of phenols is 1. The van der Waals surface area contributed by atoms with Crippen LogP contribution in [-0.2, 0) is 4.79 Å². The van der Waals surface area contributed by atoms with Crippen LogP contribution in [0.2, 0.25) is 0 Å². The number of phenolic OH excluding ortho intramolecular Hbond substituents is 1. The number of benzene rings is 2. The number of amides is 1. The lowest BCUT2D eigenvalue weighted by Gasteiger charge is -2.19. The van der Waals surface area contributed by atoms with E-state index < -0.39 is 0 Å². The van der Waals surface area contributed by atoms with E-state index in [4.69, 9.17) is 4.74 Å². The maximum Gasteiger partial charge on any atom is 0.298 e. The lowest BCUT2D eigenvalue weighted by atomic mass is 9.91.